The van der Waals surface area contributed by atoms with Gasteiger partial charge in [-0.05, 0) is 55.0 Å². The van der Waals surface area contributed by atoms with Gasteiger partial charge in [0, 0.05) is 29.2 Å². The standard InChI is InChI=1S/C20H17N3O4S/c1-2-27-17-10-6-15(7-11-17)18-13-28-20(21-18)22-19(24)12-5-14-3-8-16(9-4-14)23(25)26/h3-13H,2H2,1H3,(H,21,22,24). The molecule has 0 fully saturated rings. The lowest BCUT2D eigenvalue weighted by Gasteiger charge is -2.03. The van der Waals surface area contributed by atoms with Crippen molar-refractivity contribution < 1.29 is 14.5 Å². The smallest absolute Gasteiger partial charge is 0.269 e. The van der Waals surface area contributed by atoms with Gasteiger partial charge in [-0.3, -0.25) is 20.2 Å². The summed E-state index contributed by atoms with van der Waals surface area (Å²) in [6, 6.07) is 13.5. The Morgan fingerprint density at radius 2 is 1.93 bits per heavy atom. The molecule has 0 saturated carbocycles. The Labute approximate surface area is 165 Å². The third-order valence-corrected chi connectivity index (χ3v) is 4.48. The van der Waals surface area contributed by atoms with Crippen LogP contribution < -0.4 is 10.1 Å². The Balaban J connectivity index is 1.61. The maximum atomic E-state index is 12.1. The lowest BCUT2D eigenvalue weighted by Crippen LogP contribution is -2.07. The summed E-state index contributed by atoms with van der Waals surface area (Å²) in [5.41, 5.74) is 2.39. The SMILES string of the molecule is CCOc1ccc(-c2csc(NC(=O)C=Cc3ccc([N+](=O)[O-])cc3)n2)cc1. The second-order valence-corrected chi connectivity index (χ2v) is 6.52. The van der Waals surface area contributed by atoms with Crippen molar-refractivity contribution in [3.05, 3.63) is 75.7 Å². The van der Waals surface area contributed by atoms with E-state index in [1.807, 2.05) is 36.6 Å². The van der Waals surface area contributed by atoms with Gasteiger partial charge in [0.2, 0.25) is 5.91 Å². The predicted molar refractivity (Wildman–Crippen MR) is 109 cm³/mol. The van der Waals surface area contributed by atoms with E-state index in [1.165, 1.54) is 29.5 Å². The van der Waals surface area contributed by atoms with Crippen molar-refractivity contribution in [2.45, 2.75) is 6.92 Å². The molecule has 3 aromatic rings. The molecule has 0 aliphatic carbocycles. The molecule has 1 N–H and O–H groups in total. The van der Waals surface area contributed by atoms with Crippen LogP contribution in [-0.2, 0) is 4.79 Å². The minimum absolute atomic E-state index is 0.00575. The first kappa shape index (κ1) is 19.2. The molecule has 0 bridgehead atoms. The maximum absolute atomic E-state index is 12.1. The highest BCUT2D eigenvalue weighted by Gasteiger charge is 2.07. The van der Waals surface area contributed by atoms with Crippen LogP contribution in [0.2, 0.25) is 0 Å². The number of rotatable bonds is 7. The van der Waals surface area contributed by atoms with E-state index in [-0.39, 0.29) is 11.6 Å². The van der Waals surface area contributed by atoms with Gasteiger partial charge in [0.15, 0.2) is 5.13 Å². The van der Waals surface area contributed by atoms with Crippen molar-refractivity contribution in [2.24, 2.45) is 0 Å². The van der Waals surface area contributed by atoms with Crippen LogP contribution in [0, 0.1) is 10.1 Å². The van der Waals surface area contributed by atoms with Crippen LogP contribution in [-0.4, -0.2) is 22.4 Å². The Kier molecular flexibility index (Phi) is 6.13. The summed E-state index contributed by atoms with van der Waals surface area (Å²) in [5.74, 6) is 0.470. The van der Waals surface area contributed by atoms with Gasteiger partial charge in [-0.2, -0.15) is 0 Å². The fourth-order valence-electron chi connectivity index (χ4n) is 2.38. The number of anilines is 1. The van der Waals surface area contributed by atoms with Gasteiger partial charge >= 0.3 is 0 Å². The van der Waals surface area contributed by atoms with Crippen LogP contribution >= 0.6 is 11.3 Å². The Morgan fingerprint density at radius 1 is 1.21 bits per heavy atom. The van der Waals surface area contributed by atoms with Crippen LogP contribution in [0.1, 0.15) is 12.5 Å². The van der Waals surface area contributed by atoms with E-state index in [2.05, 4.69) is 10.3 Å². The summed E-state index contributed by atoms with van der Waals surface area (Å²) >= 11 is 1.33. The third kappa shape index (κ3) is 5.01. The average molecular weight is 395 g/mol. The van der Waals surface area contributed by atoms with E-state index in [4.69, 9.17) is 4.74 Å². The van der Waals surface area contributed by atoms with Gasteiger partial charge in [0.05, 0.1) is 17.2 Å². The molecule has 3 rings (SSSR count). The van der Waals surface area contributed by atoms with Crippen molar-refractivity contribution in [2.75, 3.05) is 11.9 Å². The fourth-order valence-corrected chi connectivity index (χ4v) is 3.10. The zero-order valence-electron chi connectivity index (χ0n) is 15.0. The summed E-state index contributed by atoms with van der Waals surface area (Å²) in [4.78, 5) is 26.7. The fraction of sp³-hybridized carbons (Fsp3) is 0.100. The minimum Gasteiger partial charge on any atom is -0.494 e. The number of nitro groups is 1. The molecule has 2 aromatic carbocycles. The van der Waals surface area contributed by atoms with Crippen molar-refractivity contribution in [3.63, 3.8) is 0 Å². The van der Waals surface area contributed by atoms with E-state index < -0.39 is 4.92 Å². The summed E-state index contributed by atoms with van der Waals surface area (Å²) < 4.78 is 5.42. The molecular formula is C20H17N3O4S. The molecule has 0 saturated heterocycles. The number of carbonyl (C=O) groups is 1. The van der Waals surface area contributed by atoms with Crippen LogP contribution in [0.4, 0.5) is 10.8 Å². The molecule has 0 spiro atoms. The number of nitrogens with zero attached hydrogens (tertiary/aromatic N) is 2. The normalized spacial score (nSPS) is 10.8. The molecule has 0 aliphatic rings. The van der Waals surface area contributed by atoms with E-state index in [0.717, 1.165) is 17.0 Å². The molecule has 1 aromatic heterocycles. The van der Waals surface area contributed by atoms with Crippen LogP contribution in [0.5, 0.6) is 5.75 Å². The number of carbonyl (C=O) groups excluding carboxylic acids is 1. The van der Waals surface area contributed by atoms with E-state index in [0.29, 0.717) is 17.3 Å². The first-order chi connectivity index (χ1) is 13.5. The van der Waals surface area contributed by atoms with Gasteiger partial charge < -0.3 is 4.74 Å². The van der Waals surface area contributed by atoms with E-state index >= 15 is 0 Å². The molecule has 8 heteroatoms. The lowest BCUT2D eigenvalue weighted by molar-refractivity contribution is -0.384. The van der Waals surface area contributed by atoms with Gasteiger partial charge in [0.25, 0.3) is 5.69 Å². The zero-order valence-corrected chi connectivity index (χ0v) is 15.8. The molecule has 28 heavy (non-hydrogen) atoms. The number of ether oxygens (including phenoxy) is 1. The molecule has 1 amide bonds. The first-order valence-electron chi connectivity index (χ1n) is 8.47. The molecule has 7 nitrogen and oxygen atoms in total. The van der Waals surface area contributed by atoms with Crippen LogP contribution in [0.25, 0.3) is 17.3 Å². The van der Waals surface area contributed by atoms with E-state index in [1.54, 1.807) is 18.2 Å². The number of benzene rings is 2. The van der Waals surface area contributed by atoms with Gasteiger partial charge in [0.1, 0.15) is 5.75 Å². The molecule has 0 unspecified atom stereocenters. The largest absolute Gasteiger partial charge is 0.494 e. The number of hydrogen-bond donors (Lipinski definition) is 1. The number of amides is 1. The van der Waals surface area contributed by atoms with Gasteiger partial charge in [-0.1, -0.05) is 0 Å². The third-order valence-electron chi connectivity index (χ3n) is 3.73. The molecule has 142 valence electrons. The van der Waals surface area contributed by atoms with Crippen molar-refractivity contribution in [3.8, 4) is 17.0 Å². The lowest BCUT2D eigenvalue weighted by atomic mass is 10.2. The number of non-ortho nitro benzene ring substituents is 1. The number of nitrogens with one attached hydrogen (secondary N) is 1. The van der Waals surface area contributed by atoms with Crippen LogP contribution in [0.15, 0.2) is 60.0 Å². The monoisotopic (exact) mass is 395 g/mol. The quantitative estimate of drug-likeness (QED) is 0.353. The summed E-state index contributed by atoms with van der Waals surface area (Å²) in [5, 5.41) is 15.7. The van der Waals surface area contributed by atoms with Crippen molar-refractivity contribution in [1.82, 2.24) is 4.98 Å². The van der Waals surface area contributed by atoms with Gasteiger partial charge in [-0.15, -0.1) is 11.3 Å². The Hall–Kier alpha value is -3.52. The highest BCUT2D eigenvalue weighted by molar-refractivity contribution is 7.14. The van der Waals surface area contributed by atoms with Crippen molar-refractivity contribution >= 4 is 34.1 Å². The molecule has 0 atom stereocenters. The first-order valence-corrected chi connectivity index (χ1v) is 9.35. The Morgan fingerprint density at radius 3 is 2.57 bits per heavy atom. The number of nitro benzene ring substituents is 1. The average Bonchev–Trinajstić information content (AvgIpc) is 3.16. The second-order valence-electron chi connectivity index (χ2n) is 5.67. The minimum atomic E-state index is -0.468. The Bertz CT molecular complexity index is 995. The molecule has 0 aliphatic heterocycles. The molecule has 1 heterocycles. The number of thiazole rings is 1. The molecule has 0 radical (unpaired) electrons. The number of hydrogen-bond acceptors (Lipinski definition) is 6. The summed E-state index contributed by atoms with van der Waals surface area (Å²) in [6.07, 6.45) is 2.94. The van der Waals surface area contributed by atoms with Crippen molar-refractivity contribution in [1.29, 1.82) is 0 Å². The van der Waals surface area contributed by atoms with Crippen LogP contribution in [0.3, 0.4) is 0 Å². The number of aromatic nitrogens is 1. The zero-order chi connectivity index (χ0) is 19.9. The molecular weight excluding hydrogens is 378 g/mol. The summed E-state index contributed by atoms with van der Waals surface area (Å²) in [7, 11) is 0. The maximum Gasteiger partial charge on any atom is 0.269 e. The highest BCUT2D eigenvalue weighted by atomic mass is 32.1. The van der Waals surface area contributed by atoms with Gasteiger partial charge in [-0.25, -0.2) is 4.98 Å². The summed E-state index contributed by atoms with van der Waals surface area (Å²) in [6.45, 7) is 2.54. The topological polar surface area (TPSA) is 94.4 Å². The predicted octanol–water partition coefficient (Wildman–Crippen LogP) is 4.77. The van der Waals surface area contributed by atoms with E-state index in [9.17, 15) is 14.9 Å². The second kappa shape index (κ2) is 8.92. The highest BCUT2D eigenvalue weighted by Crippen LogP contribution is 2.26.